The van der Waals surface area contributed by atoms with Gasteiger partial charge < -0.3 is 10.0 Å². The minimum Gasteiger partial charge on any atom is -0.388 e. The third kappa shape index (κ3) is 2.56. The molecule has 6 heteroatoms. The molecular weight excluding hydrogens is 242 g/mol. The van der Waals surface area contributed by atoms with Crippen molar-refractivity contribution in [3.8, 4) is 0 Å². The zero-order valence-corrected chi connectivity index (χ0v) is 10.3. The fourth-order valence-corrected chi connectivity index (χ4v) is 2.29. The molecule has 17 heavy (non-hydrogen) atoms. The van der Waals surface area contributed by atoms with Crippen molar-refractivity contribution in [1.82, 2.24) is 9.97 Å². The van der Waals surface area contributed by atoms with Crippen molar-refractivity contribution in [2.75, 3.05) is 18.0 Å². The topological polar surface area (TPSA) is 66.3 Å². The van der Waals surface area contributed by atoms with Crippen LogP contribution >= 0.6 is 11.6 Å². The van der Waals surface area contributed by atoms with E-state index in [9.17, 15) is 9.90 Å². The number of β-amino-alcohol motifs (C(OH)–C–C–N with tert-alkyl or cyclic N) is 1. The van der Waals surface area contributed by atoms with Crippen LogP contribution in [0.3, 0.4) is 0 Å². The van der Waals surface area contributed by atoms with E-state index in [4.69, 9.17) is 11.6 Å². The maximum absolute atomic E-state index is 11.0. The molecule has 1 N–H and O–H groups in total. The summed E-state index contributed by atoms with van der Waals surface area (Å²) in [6.45, 7) is 2.98. The lowest BCUT2D eigenvalue weighted by Crippen LogP contribution is -2.46. The molecule has 92 valence electrons. The molecule has 0 amide bonds. The van der Waals surface area contributed by atoms with E-state index in [1.165, 1.54) is 6.33 Å². The van der Waals surface area contributed by atoms with Crippen LogP contribution < -0.4 is 4.90 Å². The minimum absolute atomic E-state index is 0.148. The SMILES string of the molecule is CC1(O)CCCN(c2ncnc(Cl)c2C=O)C1. The lowest BCUT2D eigenvalue weighted by atomic mass is 9.95. The Bertz CT molecular complexity index is 437. The summed E-state index contributed by atoms with van der Waals surface area (Å²) in [6.07, 6.45) is 3.58. The predicted molar refractivity (Wildman–Crippen MR) is 64.5 cm³/mol. The molecule has 0 radical (unpaired) electrons. The Morgan fingerprint density at radius 3 is 3.00 bits per heavy atom. The summed E-state index contributed by atoms with van der Waals surface area (Å²) in [4.78, 5) is 20.7. The highest BCUT2D eigenvalue weighted by Crippen LogP contribution is 2.27. The summed E-state index contributed by atoms with van der Waals surface area (Å²) in [5.74, 6) is 0.500. The number of hydrogen-bond acceptors (Lipinski definition) is 5. The molecule has 1 atom stereocenters. The maximum Gasteiger partial charge on any atom is 0.156 e. The van der Waals surface area contributed by atoms with Gasteiger partial charge in [-0.05, 0) is 19.8 Å². The lowest BCUT2D eigenvalue weighted by Gasteiger charge is -2.37. The quantitative estimate of drug-likeness (QED) is 0.637. The molecule has 2 rings (SSSR count). The van der Waals surface area contributed by atoms with Crippen LogP contribution in [0.5, 0.6) is 0 Å². The molecule has 1 aromatic heterocycles. The van der Waals surface area contributed by atoms with E-state index in [0.717, 1.165) is 19.4 Å². The molecule has 0 spiro atoms. The molecule has 1 fully saturated rings. The highest BCUT2D eigenvalue weighted by atomic mass is 35.5. The smallest absolute Gasteiger partial charge is 0.156 e. The van der Waals surface area contributed by atoms with Gasteiger partial charge in [-0.1, -0.05) is 11.6 Å². The zero-order valence-electron chi connectivity index (χ0n) is 9.56. The Morgan fingerprint density at radius 2 is 2.35 bits per heavy atom. The van der Waals surface area contributed by atoms with Gasteiger partial charge in [0.1, 0.15) is 17.3 Å². The largest absolute Gasteiger partial charge is 0.388 e. The van der Waals surface area contributed by atoms with Crippen LogP contribution in [0, 0.1) is 0 Å². The van der Waals surface area contributed by atoms with Crippen molar-refractivity contribution in [3.05, 3.63) is 17.0 Å². The first-order chi connectivity index (χ1) is 8.03. The Morgan fingerprint density at radius 1 is 1.59 bits per heavy atom. The number of carbonyl (C=O) groups is 1. The monoisotopic (exact) mass is 255 g/mol. The van der Waals surface area contributed by atoms with Crippen molar-refractivity contribution in [2.24, 2.45) is 0 Å². The van der Waals surface area contributed by atoms with E-state index in [2.05, 4.69) is 9.97 Å². The fraction of sp³-hybridized carbons (Fsp3) is 0.545. The Balaban J connectivity index is 2.34. The van der Waals surface area contributed by atoms with Gasteiger partial charge in [0.2, 0.25) is 0 Å². The van der Waals surface area contributed by atoms with Crippen LogP contribution in [0.2, 0.25) is 5.15 Å². The van der Waals surface area contributed by atoms with Gasteiger partial charge in [-0.2, -0.15) is 0 Å². The number of halogens is 1. The van der Waals surface area contributed by atoms with Crippen molar-refractivity contribution < 1.29 is 9.90 Å². The maximum atomic E-state index is 11.0. The first kappa shape index (κ1) is 12.3. The lowest BCUT2D eigenvalue weighted by molar-refractivity contribution is 0.0446. The predicted octanol–water partition coefficient (Wildman–Crippen LogP) is 1.29. The number of aliphatic hydroxyl groups is 1. The van der Waals surface area contributed by atoms with Crippen LogP contribution in [0.25, 0.3) is 0 Å². The molecule has 1 aliphatic rings. The van der Waals surface area contributed by atoms with Crippen LogP contribution in [-0.2, 0) is 0 Å². The van der Waals surface area contributed by atoms with Gasteiger partial charge in [-0.25, -0.2) is 9.97 Å². The highest BCUT2D eigenvalue weighted by molar-refractivity contribution is 6.32. The first-order valence-corrected chi connectivity index (χ1v) is 5.84. The minimum atomic E-state index is -0.754. The third-order valence-corrected chi connectivity index (χ3v) is 3.21. The number of piperidine rings is 1. The molecular formula is C11H14ClN3O2. The molecule has 0 saturated carbocycles. The van der Waals surface area contributed by atoms with Crippen LogP contribution in [0.4, 0.5) is 5.82 Å². The van der Waals surface area contributed by atoms with Crippen LogP contribution in [0.15, 0.2) is 6.33 Å². The van der Waals surface area contributed by atoms with Gasteiger partial charge in [-0.3, -0.25) is 4.79 Å². The molecule has 1 unspecified atom stereocenters. The summed E-state index contributed by atoms with van der Waals surface area (Å²) in [5.41, 5.74) is -0.470. The first-order valence-electron chi connectivity index (χ1n) is 5.46. The fourth-order valence-electron chi connectivity index (χ4n) is 2.12. The Hall–Kier alpha value is -1.20. The number of hydrogen-bond donors (Lipinski definition) is 1. The van der Waals surface area contributed by atoms with Crippen molar-refractivity contribution in [3.63, 3.8) is 0 Å². The number of rotatable bonds is 2. The van der Waals surface area contributed by atoms with E-state index < -0.39 is 5.60 Å². The van der Waals surface area contributed by atoms with Crippen molar-refractivity contribution in [2.45, 2.75) is 25.4 Å². The number of nitrogens with zero attached hydrogens (tertiary/aromatic N) is 3. The van der Waals surface area contributed by atoms with Crippen LogP contribution in [0.1, 0.15) is 30.1 Å². The summed E-state index contributed by atoms with van der Waals surface area (Å²) >= 11 is 5.85. The van der Waals surface area contributed by atoms with Gasteiger partial charge in [0, 0.05) is 13.1 Å². The molecule has 0 aliphatic carbocycles. The van der Waals surface area contributed by atoms with Gasteiger partial charge in [-0.15, -0.1) is 0 Å². The summed E-state index contributed by atoms with van der Waals surface area (Å²) in [5, 5.41) is 10.2. The second-order valence-corrected chi connectivity index (χ2v) is 4.90. The second kappa shape index (κ2) is 4.58. The average Bonchev–Trinajstić information content (AvgIpc) is 2.27. The van der Waals surface area contributed by atoms with Gasteiger partial charge >= 0.3 is 0 Å². The summed E-state index contributed by atoms with van der Waals surface area (Å²) in [7, 11) is 0. The van der Waals surface area contributed by atoms with Gasteiger partial charge in [0.25, 0.3) is 0 Å². The summed E-state index contributed by atoms with van der Waals surface area (Å²) in [6, 6.07) is 0. The van der Waals surface area contributed by atoms with E-state index in [1.54, 1.807) is 6.92 Å². The Kier molecular flexibility index (Phi) is 3.31. The van der Waals surface area contributed by atoms with E-state index in [0.29, 0.717) is 18.6 Å². The van der Waals surface area contributed by atoms with Crippen LogP contribution in [-0.4, -0.2) is 40.1 Å². The Labute approximate surface area is 104 Å². The molecule has 0 aromatic carbocycles. The second-order valence-electron chi connectivity index (χ2n) is 4.54. The zero-order chi connectivity index (χ0) is 12.5. The molecule has 1 saturated heterocycles. The van der Waals surface area contributed by atoms with E-state index in [1.807, 2.05) is 4.90 Å². The number of aldehydes is 1. The van der Waals surface area contributed by atoms with Crippen molar-refractivity contribution >= 4 is 23.7 Å². The van der Waals surface area contributed by atoms with E-state index in [-0.39, 0.29) is 10.7 Å². The molecule has 2 heterocycles. The molecule has 1 aliphatic heterocycles. The number of aromatic nitrogens is 2. The third-order valence-electron chi connectivity index (χ3n) is 2.91. The standard InChI is InChI=1S/C11H14ClN3O2/c1-11(17)3-2-4-15(6-11)10-8(5-16)9(12)13-7-14-10/h5,7,17H,2-4,6H2,1H3. The van der Waals surface area contributed by atoms with Crippen molar-refractivity contribution in [1.29, 1.82) is 0 Å². The summed E-state index contributed by atoms with van der Waals surface area (Å²) < 4.78 is 0. The van der Waals surface area contributed by atoms with Gasteiger partial charge in [0.05, 0.1) is 11.2 Å². The molecule has 1 aromatic rings. The number of carbonyl (C=O) groups excluding carboxylic acids is 1. The normalized spacial score (nSPS) is 24.8. The molecule has 5 nitrogen and oxygen atoms in total. The van der Waals surface area contributed by atoms with E-state index >= 15 is 0 Å². The molecule has 0 bridgehead atoms. The highest BCUT2D eigenvalue weighted by Gasteiger charge is 2.30. The van der Waals surface area contributed by atoms with Gasteiger partial charge in [0.15, 0.2) is 6.29 Å². The average molecular weight is 256 g/mol. The number of anilines is 1.